The molecule has 1 heterocycles. The molecule has 1 amide bonds. The molecule has 1 aromatic carbocycles. The molecule has 0 saturated heterocycles. The fraction of sp³-hybridized carbons (Fsp3) is 0.353. The van der Waals surface area contributed by atoms with Gasteiger partial charge in [-0.1, -0.05) is 43.2 Å². The number of carbonyl (C=O) groups excluding carboxylic acids is 1. The minimum absolute atomic E-state index is 0.193. The lowest BCUT2D eigenvalue weighted by Gasteiger charge is -2.07. The van der Waals surface area contributed by atoms with E-state index in [0.29, 0.717) is 18.1 Å². The Morgan fingerprint density at radius 2 is 1.95 bits per heavy atom. The predicted octanol–water partition coefficient (Wildman–Crippen LogP) is 2.93. The van der Waals surface area contributed by atoms with Crippen molar-refractivity contribution in [3.8, 4) is 0 Å². The van der Waals surface area contributed by atoms with Gasteiger partial charge in [-0.25, -0.2) is 9.97 Å². The second-order valence-electron chi connectivity index (χ2n) is 5.24. The van der Waals surface area contributed by atoms with Crippen molar-refractivity contribution in [3.05, 3.63) is 53.5 Å². The Labute approximate surface area is 131 Å². The van der Waals surface area contributed by atoms with Crippen molar-refractivity contribution >= 4 is 11.7 Å². The first-order chi connectivity index (χ1) is 10.7. The zero-order valence-corrected chi connectivity index (χ0v) is 13.1. The maximum Gasteiger partial charge on any atom is 0.270 e. The highest BCUT2D eigenvalue weighted by atomic mass is 16.1. The smallest absolute Gasteiger partial charge is 0.270 e. The number of anilines is 1. The Balaban J connectivity index is 1.91. The van der Waals surface area contributed by atoms with Gasteiger partial charge >= 0.3 is 0 Å². The van der Waals surface area contributed by atoms with Crippen molar-refractivity contribution in [2.45, 2.75) is 33.2 Å². The minimum atomic E-state index is -0.193. The quantitative estimate of drug-likeness (QED) is 0.771. The summed E-state index contributed by atoms with van der Waals surface area (Å²) in [4.78, 5) is 20.3. The van der Waals surface area contributed by atoms with E-state index in [1.807, 2.05) is 31.2 Å². The number of hydrogen-bond donors (Lipinski definition) is 2. The third kappa shape index (κ3) is 4.84. The number of hydrogen-bond acceptors (Lipinski definition) is 4. The fourth-order valence-electron chi connectivity index (χ4n) is 1.95. The van der Waals surface area contributed by atoms with Gasteiger partial charge in [0.25, 0.3) is 5.91 Å². The van der Waals surface area contributed by atoms with Crippen LogP contribution < -0.4 is 10.6 Å². The molecule has 0 aliphatic rings. The number of amides is 1. The first-order valence-corrected chi connectivity index (χ1v) is 7.58. The van der Waals surface area contributed by atoms with E-state index in [9.17, 15) is 4.79 Å². The third-order valence-electron chi connectivity index (χ3n) is 3.31. The number of benzene rings is 1. The van der Waals surface area contributed by atoms with Crippen LogP contribution in [0.25, 0.3) is 0 Å². The molecule has 0 unspecified atom stereocenters. The number of nitrogens with one attached hydrogen (secondary N) is 2. The van der Waals surface area contributed by atoms with Crippen molar-refractivity contribution in [3.63, 3.8) is 0 Å². The van der Waals surface area contributed by atoms with Crippen LogP contribution in [0, 0.1) is 6.92 Å². The molecule has 2 N–H and O–H groups in total. The van der Waals surface area contributed by atoms with E-state index < -0.39 is 0 Å². The number of aryl methyl sites for hydroxylation is 1. The van der Waals surface area contributed by atoms with E-state index in [1.54, 1.807) is 6.07 Å². The zero-order chi connectivity index (χ0) is 15.8. The Morgan fingerprint density at radius 3 is 2.68 bits per heavy atom. The largest absolute Gasteiger partial charge is 0.370 e. The molecule has 0 aliphatic heterocycles. The van der Waals surface area contributed by atoms with E-state index in [0.717, 1.165) is 24.9 Å². The molecular weight excluding hydrogens is 276 g/mol. The third-order valence-corrected chi connectivity index (χ3v) is 3.31. The van der Waals surface area contributed by atoms with Crippen molar-refractivity contribution in [2.24, 2.45) is 0 Å². The molecule has 22 heavy (non-hydrogen) atoms. The standard InChI is InChI=1S/C17H22N4O/c1-3-4-9-18-16-10-15(20-12-21-16)17(22)19-11-14-7-5-13(2)6-8-14/h5-8,10,12H,3-4,9,11H2,1-2H3,(H,19,22)(H,18,20,21). The first-order valence-electron chi connectivity index (χ1n) is 7.58. The van der Waals surface area contributed by atoms with E-state index >= 15 is 0 Å². The molecule has 0 spiro atoms. The van der Waals surface area contributed by atoms with Crippen LogP contribution in [0.4, 0.5) is 5.82 Å². The normalized spacial score (nSPS) is 10.3. The van der Waals surface area contributed by atoms with Gasteiger partial charge in [-0.05, 0) is 18.9 Å². The summed E-state index contributed by atoms with van der Waals surface area (Å²) in [6, 6.07) is 9.75. The van der Waals surface area contributed by atoms with Crippen LogP contribution in [0.2, 0.25) is 0 Å². The van der Waals surface area contributed by atoms with E-state index in [1.165, 1.54) is 11.9 Å². The van der Waals surface area contributed by atoms with Gasteiger partial charge in [0, 0.05) is 19.2 Å². The Kier molecular flexibility index (Phi) is 5.89. The van der Waals surface area contributed by atoms with Gasteiger partial charge in [0.2, 0.25) is 0 Å². The molecule has 0 saturated carbocycles. The van der Waals surface area contributed by atoms with Crippen molar-refractivity contribution in [1.29, 1.82) is 0 Å². The molecule has 5 nitrogen and oxygen atoms in total. The average Bonchev–Trinajstić information content (AvgIpc) is 2.54. The van der Waals surface area contributed by atoms with Gasteiger partial charge in [-0.3, -0.25) is 4.79 Å². The Hall–Kier alpha value is -2.43. The molecule has 2 rings (SSSR count). The zero-order valence-electron chi connectivity index (χ0n) is 13.1. The molecule has 0 aliphatic carbocycles. The summed E-state index contributed by atoms with van der Waals surface area (Å²) >= 11 is 0. The minimum Gasteiger partial charge on any atom is -0.370 e. The van der Waals surface area contributed by atoms with Crippen LogP contribution in [0.5, 0.6) is 0 Å². The van der Waals surface area contributed by atoms with E-state index in [-0.39, 0.29) is 5.91 Å². The lowest BCUT2D eigenvalue weighted by atomic mass is 10.1. The highest BCUT2D eigenvalue weighted by Crippen LogP contribution is 2.06. The molecule has 0 radical (unpaired) electrons. The lowest BCUT2D eigenvalue weighted by molar-refractivity contribution is 0.0946. The predicted molar refractivity (Wildman–Crippen MR) is 87.8 cm³/mol. The van der Waals surface area contributed by atoms with Crippen LogP contribution in [-0.2, 0) is 6.54 Å². The maximum atomic E-state index is 12.1. The molecule has 116 valence electrons. The van der Waals surface area contributed by atoms with Crippen LogP contribution >= 0.6 is 0 Å². The Morgan fingerprint density at radius 1 is 1.18 bits per heavy atom. The molecular formula is C17H22N4O. The second kappa shape index (κ2) is 8.12. The molecule has 1 aromatic heterocycles. The number of unbranched alkanes of at least 4 members (excludes halogenated alkanes) is 1. The maximum absolute atomic E-state index is 12.1. The van der Waals surface area contributed by atoms with Crippen LogP contribution in [0.1, 0.15) is 41.4 Å². The van der Waals surface area contributed by atoms with Gasteiger partial charge in [0.15, 0.2) is 0 Å². The Bertz CT molecular complexity index is 610. The molecule has 2 aromatic rings. The number of nitrogens with zero attached hydrogens (tertiary/aromatic N) is 2. The molecule has 0 fully saturated rings. The van der Waals surface area contributed by atoms with Crippen molar-refractivity contribution in [1.82, 2.24) is 15.3 Å². The van der Waals surface area contributed by atoms with Gasteiger partial charge in [-0.15, -0.1) is 0 Å². The van der Waals surface area contributed by atoms with E-state index in [4.69, 9.17) is 0 Å². The second-order valence-corrected chi connectivity index (χ2v) is 5.24. The van der Waals surface area contributed by atoms with Crippen molar-refractivity contribution in [2.75, 3.05) is 11.9 Å². The van der Waals surface area contributed by atoms with Crippen molar-refractivity contribution < 1.29 is 4.79 Å². The number of aromatic nitrogens is 2. The average molecular weight is 298 g/mol. The number of carbonyl (C=O) groups is 1. The van der Waals surface area contributed by atoms with Gasteiger partial charge in [0.05, 0.1) is 0 Å². The van der Waals surface area contributed by atoms with Gasteiger partial charge < -0.3 is 10.6 Å². The molecule has 0 atom stereocenters. The fourth-order valence-corrected chi connectivity index (χ4v) is 1.95. The summed E-state index contributed by atoms with van der Waals surface area (Å²) < 4.78 is 0. The SMILES string of the molecule is CCCCNc1cc(C(=O)NCc2ccc(C)cc2)ncn1. The highest BCUT2D eigenvalue weighted by Gasteiger charge is 2.08. The van der Waals surface area contributed by atoms with E-state index in [2.05, 4.69) is 27.5 Å². The summed E-state index contributed by atoms with van der Waals surface area (Å²) in [5.74, 6) is 0.491. The summed E-state index contributed by atoms with van der Waals surface area (Å²) in [6.45, 7) is 5.50. The van der Waals surface area contributed by atoms with Crippen LogP contribution in [-0.4, -0.2) is 22.4 Å². The van der Waals surface area contributed by atoms with Gasteiger partial charge in [0.1, 0.15) is 17.8 Å². The summed E-state index contributed by atoms with van der Waals surface area (Å²) in [5.41, 5.74) is 2.64. The summed E-state index contributed by atoms with van der Waals surface area (Å²) in [7, 11) is 0. The van der Waals surface area contributed by atoms with Crippen LogP contribution in [0.3, 0.4) is 0 Å². The van der Waals surface area contributed by atoms with Crippen LogP contribution in [0.15, 0.2) is 36.7 Å². The molecule has 5 heteroatoms. The number of rotatable bonds is 7. The summed E-state index contributed by atoms with van der Waals surface area (Å²) in [6.07, 6.45) is 3.59. The van der Waals surface area contributed by atoms with Gasteiger partial charge in [-0.2, -0.15) is 0 Å². The molecule has 0 bridgehead atoms. The topological polar surface area (TPSA) is 66.9 Å². The lowest BCUT2D eigenvalue weighted by Crippen LogP contribution is -2.24. The summed E-state index contributed by atoms with van der Waals surface area (Å²) in [5, 5.41) is 6.06. The highest BCUT2D eigenvalue weighted by molar-refractivity contribution is 5.92. The monoisotopic (exact) mass is 298 g/mol. The first kappa shape index (κ1) is 15.9.